The molecule has 15 heavy (non-hydrogen) atoms. The SMILES string of the molecule is C1=Cc2cc3ccccc3cc2C=CC1. The second-order valence-corrected chi connectivity index (χ2v) is 3.87. The lowest BCUT2D eigenvalue weighted by Crippen LogP contribution is -1.81. The van der Waals surface area contributed by atoms with Gasteiger partial charge in [-0.15, -0.1) is 0 Å². The molecule has 0 radical (unpaired) electrons. The summed E-state index contributed by atoms with van der Waals surface area (Å²) in [6, 6.07) is 13.0. The first-order valence-electron chi connectivity index (χ1n) is 5.29. The average Bonchev–Trinajstić information content (AvgIpc) is 2.50. The van der Waals surface area contributed by atoms with Crippen LogP contribution in [0.25, 0.3) is 22.9 Å². The predicted molar refractivity (Wildman–Crippen MR) is 66.6 cm³/mol. The van der Waals surface area contributed by atoms with Gasteiger partial charge in [0.1, 0.15) is 0 Å². The van der Waals surface area contributed by atoms with Gasteiger partial charge < -0.3 is 0 Å². The molecule has 0 spiro atoms. The van der Waals surface area contributed by atoms with E-state index >= 15 is 0 Å². The fourth-order valence-electron chi connectivity index (χ4n) is 2.03. The fraction of sp³-hybridized carbons (Fsp3) is 0.0667. The molecule has 0 unspecified atom stereocenters. The minimum atomic E-state index is 1.03. The van der Waals surface area contributed by atoms with Gasteiger partial charge in [-0.05, 0) is 40.5 Å². The molecule has 2 aromatic rings. The zero-order valence-corrected chi connectivity index (χ0v) is 8.48. The highest BCUT2D eigenvalue weighted by molar-refractivity contribution is 5.88. The van der Waals surface area contributed by atoms with Crippen LogP contribution in [0.1, 0.15) is 17.5 Å². The van der Waals surface area contributed by atoms with Crippen LogP contribution in [0.3, 0.4) is 0 Å². The molecule has 0 atom stereocenters. The molecule has 0 saturated heterocycles. The van der Waals surface area contributed by atoms with Crippen molar-refractivity contribution in [3.8, 4) is 0 Å². The van der Waals surface area contributed by atoms with E-state index in [0.717, 1.165) is 6.42 Å². The summed E-state index contributed by atoms with van der Waals surface area (Å²) in [6.07, 6.45) is 9.86. The molecule has 0 bridgehead atoms. The molecule has 0 N–H and O–H groups in total. The second-order valence-electron chi connectivity index (χ2n) is 3.87. The first-order chi connectivity index (χ1) is 7.43. The third-order valence-corrected chi connectivity index (χ3v) is 2.82. The van der Waals surface area contributed by atoms with Crippen LogP contribution >= 0.6 is 0 Å². The Hall–Kier alpha value is -1.82. The summed E-state index contributed by atoms with van der Waals surface area (Å²) in [5, 5.41) is 2.63. The van der Waals surface area contributed by atoms with Gasteiger partial charge >= 0.3 is 0 Å². The topological polar surface area (TPSA) is 0 Å². The largest absolute Gasteiger partial charge is 0.0801 e. The van der Waals surface area contributed by atoms with Crippen molar-refractivity contribution in [3.63, 3.8) is 0 Å². The number of benzene rings is 2. The summed E-state index contributed by atoms with van der Waals surface area (Å²) < 4.78 is 0. The van der Waals surface area contributed by atoms with Crippen molar-refractivity contribution in [2.45, 2.75) is 6.42 Å². The molecule has 0 aliphatic heterocycles. The summed E-state index contributed by atoms with van der Waals surface area (Å²) in [7, 11) is 0. The van der Waals surface area contributed by atoms with Gasteiger partial charge in [0.15, 0.2) is 0 Å². The van der Waals surface area contributed by atoms with E-state index in [0.29, 0.717) is 0 Å². The quantitative estimate of drug-likeness (QED) is 0.584. The number of fused-ring (bicyclic) bond motifs is 2. The van der Waals surface area contributed by atoms with Crippen LogP contribution in [-0.2, 0) is 0 Å². The van der Waals surface area contributed by atoms with E-state index in [2.05, 4.69) is 60.7 Å². The van der Waals surface area contributed by atoms with E-state index in [9.17, 15) is 0 Å². The Morgan fingerprint density at radius 2 is 1.27 bits per heavy atom. The molecular weight excluding hydrogens is 180 g/mol. The van der Waals surface area contributed by atoms with Gasteiger partial charge in [-0.2, -0.15) is 0 Å². The fourth-order valence-corrected chi connectivity index (χ4v) is 2.03. The lowest BCUT2D eigenvalue weighted by atomic mass is 10.0. The summed E-state index contributed by atoms with van der Waals surface area (Å²) in [5.74, 6) is 0. The van der Waals surface area contributed by atoms with Crippen LogP contribution in [0.4, 0.5) is 0 Å². The van der Waals surface area contributed by atoms with Gasteiger partial charge in [0.2, 0.25) is 0 Å². The summed E-state index contributed by atoms with van der Waals surface area (Å²) in [4.78, 5) is 0. The van der Waals surface area contributed by atoms with Gasteiger partial charge in [-0.1, -0.05) is 48.6 Å². The van der Waals surface area contributed by atoms with Crippen LogP contribution in [0.15, 0.2) is 48.6 Å². The zero-order chi connectivity index (χ0) is 10.1. The Balaban J connectivity index is 2.35. The van der Waals surface area contributed by atoms with E-state index in [4.69, 9.17) is 0 Å². The minimum Gasteiger partial charge on any atom is -0.0801 e. The zero-order valence-electron chi connectivity index (χ0n) is 8.48. The maximum Gasteiger partial charge on any atom is -0.0162 e. The molecule has 0 heterocycles. The molecule has 0 heteroatoms. The van der Waals surface area contributed by atoms with Gasteiger partial charge in [-0.3, -0.25) is 0 Å². The van der Waals surface area contributed by atoms with Crippen LogP contribution < -0.4 is 0 Å². The molecule has 1 aliphatic rings. The van der Waals surface area contributed by atoms with Crippen molar-refractivity contribution in [2.75, 3.05) is 0 Å². The highest BCUT2D eigenvalue weighted by Crippen LogP contribution is 2.24. The first-order valence-corrected chi connectivity index (χ1v) is 5.29. The van der Waals surface area contributed by atoms with E-state index in [-0.39, 0.29) is 0 Å². The van der Waals surface area contributed by atoms with Crippen molar-refractivity contribution in [1.29, 1.82) is 0 Å². The van der Waals surface area contributed by atoms with E-state index in [1.807, 2.05) is 0 Å². The Morgan fingerprint density at radius 1 is 0.733 bits per heavy atom. The number of hydrogen-bond donors (Lipinski definition) is 0. The van der Waals surface area contributed by atoms with Gasteiger partial charge in [0.25, 0.3) is 0 Å². The van der Waals surface area contributed by atoms with Crippen molar-refractivity contribution < 1.29 is 0 Å². The Bertz CT molecular complexity index is 509. The molecule has 0 saturated carbocycles. The van der Waals surface area contributed by atoms with Crippen molar-refractivity contribution in [1.82, 2.24) is 0 Å². The van der Waals surface area contributed by atoms with E-state index in [1.165, 1.54) is 21.9 Å². The smallest absolute Gasteiger partial charge is 0.0162 e. The van der Waals surface area contributed by atoms with Crippen LogP contribution in [0, 0.1) is 0 Å². The highest BCUT2D eigenvalue weighted by Gasteiger charge is 2.01. The standard InChI is InChI=1S/C15H12/c1-2-6-12-10-14-8-4-5-9-15(14)11-13(12)7-3-1/h2-11H,1H2. The highest BCUT2D eigenvalue weighted by atomic mass is 14.1. The Kier molecular flexibility index (Phi) is 1.92. The van der Waals surface area contributed by atoms with E-state index < -0.39 is 0 Å². The number of rotatable bonds is 0. The lowest BCUT2D eigenvalue weighted by molar-refractivity contribution is 1.44. The number of hydrogen-bond acceptors (Lipinski definition) is 0. The normalized spacial score (nSPS) is 13.9. The third kappa shape index (κ3) is 1.48. The molecule has 2 aromatic carbocycles. The maximum absolute atomic E-state index is 2.26. The minimum absolute atomic E-state index is 1.03. The molecule has 0 aromatic heterocycles. The monoisotopic (exact) mass is 192 g/mol. The molecule has 1 aliphatic carbocycles. The summed E-state index contributed by atoms with van der Waals surface area (Å²) in [6.45, 7) is 0. The number of allylic oxidation sites excluding steroid dienone is 2. The second kappa shape index (κ2) is 3.39. The summed E-state index contributed by atoms with van der Waals surface area (Å²) in [5.41, 5.74) is 2.64. The van der Waals surface area contributed by atoms with Crippen molar-refractivity contribution >= 4 is 22.9 Å². The van der Waals surface area contributed by atoms with Crippen LogP contribution in [0.5, 0.6) is 0 Å². The Morgan fingerprint density at radius 3 is 1.80 bits per heavy atom. The van der Waals surface area contributed by atoms with Gasteiger partial charge in [0.05, 0.1) is 0 Å². The summed E-state index contributed by atoms with van der Waals surface area (Å²) >= 11 is 0. The molecule has 0 nitrogen and oxygen atoms in total. The van der Waals surface area contributed by atoms with Gasteiger partial charge in [-0.25, -0.2) is 0 Å². The first kappa shape index (κ1) is 8.49. The van der Waals surface area contributed by atoms with E-state index in [1.54, 1.807) is 0 Å². The molecule has 3 rings (SSSR count). The van der Waals surface area contributed by atoms with Crippen molar-refractivity contribution in [2.24, 2.45) is 0 Å². The lowest BCUT2D eigenvalue weighted by Gasteiger charge is -2.03. The van der Waals surface area contributed by atoms with Crippen LogP contribution in [0.2, 0.25) is 0 Å². The maximum atomic E-state index is 2.26. The van der Waals surface area contributed by atoms with Gasteiger partial charge in [0, 0.05) is 0 Å². The van der Waals surface area contributed by atoms with Crippen LogP contribution in [-0.4, -0.2) is 0 Å². The third-order valence-electron chi connectivity index (χ3n) is 2.82. The Labute approximate surface area is 89.6 Å². The molecule has 0 amide bonds. The van der Waals surface area contributed by atoms with Crippen molar-refractivity contribution in [3.05, 3.63) is 59.7 Å². The predicted octanol–water partition coefficient (Wildman–Crippen LogP) is 4.27. The molecular formula is C15H12. The molecule has 72 valence electrons. The molecule has 0 fully saturated rings. The average molecular weight is 192 g/mol.